The summed E-state index contributed by atoms with van der Waals surface area (Å²) >= 11 is 3.64. The summed E-state index contributed by atoms with van der Waals surface area (Å²) in [4.78, 5) is 5.07. The minimum Gasteiger partial charge on any atom is -0.440 e. The van der Waals surface area contributed by atoms with Crippen LogP contribution in [0.2, 0.25) is 0 Å². The average Bonchev–Trinajstić information content (AvgIpc) is 4.04. The lowest BCUT2D eigenvalue weighted by Crippen LogP contribution is -2.61. The van der Waals surface area contributed by atoms with E-state index >= 15 is 0 Å². The molecule has 3 nitrogen and oxygen atoms in total. The molecule has 2 aliphatic heterocycles. The molecule has 0 radical (unpaired) electrons. The number of fused-ring (bicyclic) bond motifs is 8. The van der Waals surface area contributed by atoms with Gasteiger partial charge in [-0.05, 0) is 146 Å². The number of hydrogen-bond acceptors (Lipinski definition) is 5. The number of hydrogen-bond donors (Lipinski definition) is 0. The van der Waals surface area contributed by atoms with E-state index in [1.54, 1.807) is 0 Å². The Balaban J connectivity index is 1.18. The van der Waals surface area contributed by atoms with Crippen LogP contribution < -0.4 is 26.2 Å². The Morgan fingerprint density at radius 2 is 1.12 bits per heavy atom. The van der Waals surface area contributed by atoms with E-state index in [4.69, 9.17) is 4.42 Å². The SMILES string of the molecule is Cc1cc(C(C)(C)C)cc(C)c1N1c2cc(C(C)C)cc3c2B(c2cc(-c4csc5ccccc45)ccc2N3c2ccc(-c3csc4ccccc34)cc2)c2c1oc1ccc(C(C)(C)C)cc21. The zero-order valence-corrected chi connectivity index (χ0v) is 41.8. The van der Waals surface area contributed by atoms with E-state index in [9.17, 15) is 0 Å². The first-order chi connectivity index (χ1) is 32.1. The molecule has 12 rings (SSSR count). The first kappa shape index (κ1) is 42.0. The zero-order valence-electron chi connectivity index (χ0n) is 40.1. The van der Waals surface area contributed by atoms with Gasteiger partial charge in [0.15, 0.2) is 0 Å². The van der Waals surface area contributed by atoms with E-state index in [0.717, 1.165) is 17.2 Å². The van der Waals surface area contributed by atoms with Gasteiger partial charge in [0.2, 0.25) is 5.88 Å². The van der Waals surface area contributed by atoms with E-state index in [1.807, 2.05) is 22.7 Å². The van der Waals surface area contributed by atoms with Gasteiger partial charge in [-0.1, -0.05) is 134 Å². The fourth-order valence-corrected chi connectivity index (χ4v) is 12.9. The molecule has 3 aromatic heterocycles. The number of nitrogens with zero attached hydrogens (tertiary/aromatic N) is 2. The highest BCUT2D eigenvalue weighted by Crippen LogP contribution is 2.50. The highest BCUT2D eigenvalue weighted by atomic mass is 32.1. The molecule has 10 aromatic rings. The Labute approximate surface area is 403 Å². The van der Waals surface area contributed by atoms with Crippen LogP contribution in [0, 0.1) is 13.8 Å². The summed E-state index contributed by atoms with van der Waals surface area (Å²) in [7, 11) is 0. The van der Waals surface area contributed by atoms with Gasteiger partial charge in [-0.25, -0.2) is 0 Å². The maximum absolute atomic E-state index is 7.37. The van der Waals surface area contributed by atoms with Gasteiger partial charge in [0, 0.05) is 64.9 Å². The summed E-state index contributed by atoms with van der Waals surface area (Å²) in [5, 5.41) is 8.43. The van der Waals surface area contributed by atoms with Crippen molar-refractivity contribution in [3.8, 4) is 22.3 Å². The fourth-order valence-electron chi connectivity index (χ4n) is 10.9. The smallest absolute Gasteiger partial charge is 0.257 e. The van der Waals surface area contributed by atoms with Crippen molar-refractivity contribution in [2.75, 3.05) is 9.80 Å². The quantitative estimate of drug-likeness (QED) is 0.160. The largest absolute Gasteiger partial charge is 0.440 e. The summed E-state index contributed by atoms with van der Waals surface area (Å²) in [5.41, 5.74) is 22.1. The van der Waals surface area contributed by atoms with E-state index in [0.29, 0.717) is 0 Å². The second-order valence-corrected chi connectivity index (χ2v) is 23.2. The van der Waals surface area contributed by atoms with Crippen LogP contribution in [0.25, 0.3) is 53.4 Å². The van der Waals surface area contributed by atoms with Crippen molar-refractivity contribution >= 4 is 111 Å². The fraction of sp³-hybridized carbons (Fsp3) is 0.213. The van der Waals surface area contributed by atoms with Gasteiger partial charge < -0.3 is 9.32 Å². The summed E-state index contributed by atoms with van der Waals surface area (Å²) in [6.45, 7) is 23.0. The van der Waals surface area contributed by atoms with Crippen LogP contribution in [-0.2, 0) is 10.8 Å². The lowest BCUT2D eigenvalue weighted by atomic mass is 9.33. The second-order valence-electron chi connectivity index (χ2n) is 21.3. The van der Waals surface area contributed by atoms with Crippen LogP contribution in [0.4, 0.5) is 34.3 Å². The van der Waals surface area contributed by atoms with Crippen molar-refractivity contribution in [3.05, 3.63) is 172 Å². The number of furan rings is 1. The Kier molecular flexibility index (Phi) is 9.47. The molecule has 0 atom stereocenters. The van der Waals surface area contributed by atoms with Crippen molar-refractivity contribution in [1.82, 2.24) is 0 Å². The van der Waals surface area contributed by atoms with Crippen molar-refractivity contribution in [2.24, 2.45) is 0 Å². The van der Waals surface area contributed by atoms with E-state index in [-0.39, 0.29) is 23.5 Å². The van der Waals surface area contributed by atoms with Crippen LogP contribution in [0.15, 0.2) is 149 Å². The lowest BCUT2D eigenvalue weighted by Gasteiger charge is -2.43. The number of benzene rings is 7. The number of anilines is 6. The zero-order chi connectivity index (χ0) is 46.3. The van der Waals surface area contributed by atoms with Crippen LogP contribution in [0.3, 0.4) is 0 Å². The standard InChI is InChI=1S/C61H55BN2OS2/c1-35(2)40-30-51-57-52(31-40)64(58-36(3)27-42(28-37(58)4)61(8,9)10)59-56(46-32-41(60(5,6)7)22-26-53(46)65-59)62(57)49-29-39(48-34-67-55-18-14-12-16-45(48)55)21-25-50(49)63(51)43-23-19-38(20-24-43)47-33-66-54-17-13-11-15-44(47)54/h11-35H,1-10H3. The van der Waals surface area contributed by atoms with Crippen molar-refractivity contribution in [2.45, 2.75) is 86.0 Å². The summed E-state index contributed by atoms with van der Waals surface area (Å²) in [6, 6.07) is 50.9. The first-order valence-electron chi connectivity index (χ1n) is 23.8. The van der Waals surface area contributed by atoms with Crippen molar-refractivity contribution in [1.29, 1.82) is 0 Å². The number of rotatable bonds is 5. The Morgan fingerprint density at radius 1 is 0.537 bits per heavy atom. The van der Waals surface area contributed by atoms with Crippen LogP contribution in [0.5, 0.6) is 0 Å². The Bertz CT molecular complexity index is 3610. The normalized spacial score (nSPS) is 13.6. The monoisotopic (exact) mass is 906 g/mol. The van der Waals surface area contributed by atoms with Gasteiger partial charge in [-0.15, -0.1) is 22.7 Å². The molecule has 0 fully saturated rings. The highest BCUT2D eigenvalue weighted by molar-refractivity contribution is 7.18. The Morgan fingerprint density at radius 3 is 1.73 bits per heavy atom. The molecule has 330 valence electrons. The maximum atomic E-state index is 7.37. The molecule has 0 saturated heterocycles. The van der Waals surface area contributed by atoms with Crippen LogP contribution in [0.1, 0.15) is 89.1 Å². The predicted octanol–water partition coefficient (Wildman–Crippen LogP) is 16.6. The highest BCUT2D eigenvalue weighted by Gasteiger charge is 2.47. The van der Waals surface area contributed by atoms with Gasteiger partial charge in [-0.2, -0.15) is 0 Å². The van der Waals surface area contributed by atoms with Crippen molar-refractivity contribution in [3.63, 3.8) is 0 Å². The molecule has 0 bridgehead atoms. The van der Waals surface area contributed by atoms with E-state index in [1.165, 1.54) is 115 Å². The molecule has 0 unspecified atom stereocenters. The summed E-state index contributed by atoms with van der Waals surface area (Å²) in [5.74, 6) is 1.20. The van der Waals surface area contributed by atoms with Crippen LogP contribution >= 0.6 is 22.7 Å². The average molecular weight is 907 g/mol. The van der Waals surface area contributed by atoms with Crippen molar-refractivity contribution < 1.29 is 4.42 Å². The lowest BCUT2D eigenvalue weighted by molar-refractivity contribution is 0.589. The molecular weight excluding hydrogens is 852 g/mol. The van der Waals surface area contributed by atoms with Gasteiger partial charge >= 0.3 is 0 Å². The second kappa shape index (κ2) is 15.1. The predicted molar refractivity (Wildman–Crippen MR) is 293 cm³/mol. The third kappa shape index (κ3) is 6.58. The van der Waals surface area contributed by atoms with Gasteiger partial charge in [-0.3, -0.25) is 4.90 Å². The molecule has 0 aliphatic carbocycles. The molecule has 0 spiro atoms. The maximum Gasteiger partial charge on any atom is 0.257 e. The minimum absolute atomic E-state index is 0.00736. The van der Waals surface area contributed by atoms with Gasteiger partial charge in [0.1, 0.15) is 5.58 Å². The number of aryl methyl sites for hydroxylation is 2. The molecular formula is C61H55BN2OS2. The first-order valence-corrected chi connectivity index (χ1v) is 25.5. The third-order valence-electron chi connectivity index (χ3n) is 14.5. The van der Waals surface area contributed by atoms with E-state index in [2.05, 4.69) is 223 Å². The number of thiophene rings is 2. The molecule has 5 heterocycles. The minimum atomic E-state index is -0.101. The van der Waals surface area contributed by atoms with E-state index < -0.39 is 0 Å². The summed E-state index contributed by atoms with van der Waals surface area (Å²) in [6.07, 6.45) is 0. The third-order valence-corrected chi connectivity index (χ3v) is 16.5. The topological polar surface area (TPSA) is 19.6 Å². The molecule has 67 heavy (non-hydrogen) atoms. The Hall–Kier alpha value is -6.34. The summed E-state index contributed by atoms with van der Waals surface area (Å²) < 4.78 is 9.98. The van der Waals surface area contributed by atoms with Crippen LogP contribution in [-0.4, -0.2) is 6.71 Å². The molecule has 0 saturated carbocycles. The van der Waals surface area contributed by atoms with Gasteiger partial charge in [0.25, 0.3) is 6.71 Å². The molecule has 2 aliphatic rings. The molecule has 7 aromatic carbocycles. The molecule has 6 heteroatoms. The molecule has 0 amide bonds. The molecule has 0 N–H and O–H groups in total. The van der Waals surface area contributed by atoms with Gasteiger partial charge in [0.05, 0.1) is 5.69 Å².